The van der Waals surface area contributed by atoms with Crippen molar-refractivity contribution in [2.75, 3.05) is 13.7 Å². The number of hydrogen-bond donors (Lipinski definition) is 0. The molecule has 5 heteroatoms. The van der Waals surface area contributed by atoms with Gasteiger partial charge in [-0.15, -0.1) is 11.6 Å². The van der Waals surface area contributed by atoms with Gasteiger partial charge in [0.1, 0.15) is 11.6 Å². The second-order valence-electron chi connectivity index (χ2n) is 4.18. The van der Waals surface area contributed by atoms with Crippen LogP contribution in [-0.2, 0) is 10.6 Å². The number of alkyl halides is 1. The number of fused-ring (bicyclic) bond motifs is 1. The minimum Gasteiger partial charge on any atom is -0.383 e. The Morgan fingerprint density at radius 1 is 1.50 bits per heavy atom. The van der Waals surface area contributed by atoms with Gasteiger partial charge in [-0.3, -0.25) is 0 Å². The zero-order chi connectivity index (χ0) is 13.1. The predicted octanol–water partition coefficient (Wildman–Crippen LogP) is 3.51. The molecule has 0 radical (unpaired) electrons. The zero-order valence-electron chi connectivity index (χ0n) is 10.5. The highest BCUT2D eigenvalue weighted by atomic mass is 35.5. The zero-order valence-corrected chi connectivity index (χ0v) is 11.2. The summed E-state index contributed by atoms with van der Waals surface area (Å²) in [6.07, 6.45) is 0.903. The van der Waals surface area contributed by atoms with Crippen LogP contribution in [-0.4, -0.2) is 23.3 Å². The Bertz CT molecular complexity index is 541. The third-order valence-electron chi connectivity index (χ3n) is 3.04. The monoisotopic (exact) mass is 270 g/mol. The molecule has 0 saturated carbocycles. The number of methoxy groups -OCH3 is 1. The summed E-state index contributed by atoms with van der Waals surface area (Å²) in [6.45, 7) is 2.67. The Hall–Kier alpha value is -1.13. The van der Waals surface area contributed by atoms with E-state index in [9.17, 15) is 4.39 Å². The lowest BCUT2D eigenvalue weighted by atomic mass is 10.2. The fourth-order valence-electron chi connectivity index (χ4n) is 2.19. The molecule has 0 N–H and O–H groups in total. The van der Waals surface area contributed by atoms with Crippen molar-refractivity contribution in [3.63, 3.8) is 0 Å². The first-order chi connectivity index (χ1) is 8.71. The molecular formula is C13H16ClFN2O. The van der Waals surface area contributed by atoms with Crippen LogP contribution < -0.4 is 0 Å². The van der Waals surface area contributed by atoms with Crippen LogP contribution >= 0.6 is 11.6 Å². The molecule has 18 heavy (non-hydrogen) atoms. The fourth-order valence-corrected chi connectivity index (χ4v) is 2.38. The van der Waals surface area contributed by atoms with E-state index in [1.807, 2.05) is 4.57 Å². The first-order valence-corrected chi connectivity index (χ1v) is 6.46. The van der Waals surface area contributed by atoms with Crippen LogP contribution in [0.4, 0.5) is 4.39 Å². The van der Waals surface area contributed by atoms with Gasteiger partial charge in [0.2, 0.25) is 0 Å². The van der Waals surface area contributed by atoms with Crippen molar-refractivity contribution in [1.82, 2.24) is 9.55 Å². The molecule has 0 amide bonds. The average molecular weight is 271 g/mol. The van der Waals surface area contributed by atoms with Crippen LogP contribution in [0.25, 0.3) is 11.0 Å². The summed E-state index contributed by atoms with van der Waals surface area (Å²) in [4.78, 5) is 4.38. The summed E-state index contributed by atoms with van der Waals surface area (Å²) in [6, 6.07) is 4.78. The quantitative estimate of drug-likeness (QED) is 0.778. The SMILES string of the molecule is CCC(COC)n1c(CCl)nc2cc(F)ccc21. The lowest BCUT2D eigenvalue weighted by Crippen LogP contribution is -2.16. The van der Waals surface area contributed by atoms with Gasteiger partial charge in [-0.05, 0) is 18.6 Å². The normalized spacial score (nSPS) is 13.1. The van der Waals surface area contributed by atoms with Gasteiger partial charge in [-0.25, -0.2) is 9.37 Å². The molecule has 98 valence electrons. The summed E-state index contributed by atoms with van der Waals surface area (Å²) >= 11 is 5.93. The Kier molecular flexibility index (Phi) is 4.19. The van der Waals surface area contributed by atoms with Crippen molar-refractivity contribution >= 4 is 22.6 Å². The van der Waals surface area contributed by atoms with Crippen LogP contribution in [0.15, 0.2) is 18.2 Å². The fraction of sp³-hybridized carbons (Fsp3) is 0.462. The molecule has 0 spiro atoms. The van der Waals surface area contributed by atoms with Crippen molar-refractivity contribution in [1.29, 1.82) is 0 Å². The second-order valence-corrected chi connectivity index (χ2v) is 4.45. The largest absolute Gasteiger partial charge is 0.383 e. The summed E-state index contributed by atoms with van der Waals surface area (Å²) in [5, 5.41) is 0. The number of ether oxygens (including phenoxy) is 1. The summed E-state index contributed by atoms with van der Waals surface area (Å²) < 4.78 is 20.5. The van der Waals surface area contributed by atoms with E-state index < -0.39 is 0 Å². The van der Waals surface area contributed by atoms with Gasteiger partial charge in [0.05, 0.1) is 29.6 Å². The van der Waals surface area contributed by atoms with Crippen LogP contribution in [0.5, 0.6) is 0 Å². The van der Waals surface area contributed by atoms with Crippen LogP contribution in [0.1, 0.15) is 25.2 Å². The molecule has 2 rings (SSSR count). The highest BCUT2D eigenvalue weighted by Crippen LogP contribution is 2.25. The topological polar surface area (TPSA) is 27.1 Å². The number of aromatic nitrogens is 2. The number of imidazole rings is 1. The lowest BCUT2D eigenvalue weighted by molar-refractivity contribution is 0.154. The van der Waals surface area contributed by atoms with E-state index in [2.05, 4.69) is 11.9 Å². The molecule has 1 aromatic carbocycles. The highest BCUT2D eigenvalue weighted by Gasteiger charge is 2.17. The molecular weight excluding hydrogens is 255 g/mol. The standard InChI is InChI=1S/C13H16ClFN2O/c1-3-10(8-18-2)17-12-5-4-9(15)6-11(12)16-13(17)7-14/h4-6,10H,3,7-8H2,1-2H3. The molecule has 2 aromatic rings. The molecule has 1 heterocycles. The average Bonchev–Trinajstić information content (AvgIpc) is 2.73. The van der Waals surface area contributed by atoms with Gasteiger partial charge in [0.15, 0.2) is 0 Å². The molecule has 0 saturated heterocycles. The van der Waals surface area contributed by atoms with Crippen LogP contribution in [0.2, 0.25) is 0 Å². The van der Waals surface area contributed by atoms with E-state index in [0.29, 0.717) is 18.0 Å². The van der Waals surface area contributed by atoms with Gasteiger partial charge in [0.25, 0.3) is 0 Å². The molecule has 1 aromatic heterocycles. The van der Waals surface area contributed by atoms with Gasteiger partial charge in [0, 0.05) is 13.2 Å². The summed E-state index contributed by atoms with van der Waals surface area (Å²) in [5.74, 6) is 0.769. The number of benzene rings is 1. The maximum absolute atomic E-state index is 13.2. The van der Waals surface area contributed by atoms with Crippen molar-refractivity contribution in [3.8, 4) is 0 Å². The molecule has 3 nitrogen and oxygen atoms in total. The minimum atomic E-state index is -0.284. The molecule has 1 atom stereocenters. The number of halogens is 2. The number of hydrogen-bond acceptors (Lipinski definition) is 2. The molecule has 0 fully saturated rings. The Labute approximate surface area is 111 Å². The van der Waals surface area contributed by atoms with E-state index in [0.717, 1.165) is 17.8 Å². The minimum absolute atomic E-state index is 0.166. The Morgan fingerprint density at radius 2 is 2.28 bits per heavy atom. The smallest absolute Gasteiger partial charge is 0.125 e. The van der Waals surface area contributed by atoms with E-state index in [-0.39, 0.29) is 11.9 Å². The first kappa shape index (κ1) is 13.3. The predicted molar refractivity (Wildman–Crippen MR) is 70.5 cm³/mol. The van der Waals surface area contributed by atoms with E-state index in [4.69, 9.17) is 16.3 Å². The number of rotatable bonds is 5. The van der Waals surface area contributed by atoms with E-state index >= 15 is 0 Å². The first-order valence-electron chi connectivity index (χ1n) is 5.92. The summed E-state index contributed by atoms with van der Waals surface area (Å²) in [5.41, 5.74) is 1.54. The highest BCUT2D eigenvalue weighted by molar-refractivity contribution is 6.16. The van der Waals surface area contributed by atoms with Gasteiger partial charge in [-0.1, -0.05) is 6.92 Å². The Balaban J connectivity index is 2.58. The molecule has 0 aliphatic heterocycles. The Morgan fingerprint density at radius 3 is 2.89 bits per heavy atom. The third kappa shape index (κ3) is 2.35. The molecule has 0 aliphatic rings. The summed E-state index contributed by atoms with van der Waals surface area (Å²) in [7, 11) is 1.67. The van der Waals surface area contributed by atoms with Gasteiger partial charge >= 0.3 is 0 Å². The van der Waals surface area contributed by atoms with E-state index in [1.54, 1.807) is 13.2 Å². The van der Waals surface area contributed by atoms with Crippen LogP contribution in [0, 0.1) is 5.82 Å². The third-order valence-corrected chi connectivity index (χ3v) is 3.28. The van der Waals surface area contributed by atoms with Crippen molar-refractivity contribution < 1.29 is 9.13 Å². The van der Waals surface area contributed by atoms with Crippen molar-refractivity contribution in [2.45, 2.75) is 25.3 Å². The maximum Gasteiger partial charge on any atom is 0.125 e. The van der Waals surface area contributed by atoms with Gasteiger partial charge < -0.3 is 9.30 Å². The van der Waals surface area contributed by atoms with Crippen molar-refractivity contribution in [3.05, 3.63) is 29.8 Å². The lowest BCUT2D eigenvalue weighted by Gasteiger charge is -2.19. The van der Waals surface area contributed by atoms with Crippen molar-refractivity contribution in [2.24, 2.45) is 0 Å². The second kappa shape index (κ2) is 5.67. The van der Waals surface area contributed by atoms with E-state index in [1.165, 1.54) is 12.1 Å². The maximum atomic E-state index is 13.2. The molecule has 1 unspecified atom stereocenters. The molecule has 0 aliphatic carbocycles. The van der Waals surface area contributed by atoms with Crippen LogP contribution in [0.3, 0.4) is 0 Å². The van der Waals surface area contributed by atoms with Gasteiger partial charge in [-0.2, -0.15) is 0 Å². The molecule has 0 bridgehead atoms. The number of nitrogens with zero attached hydrogens (tertiary/aromatic N) is 2.